The first-order chi connectivity index (χ1) is 7.56. The highest BCUT2D eigenvalue weighted by atomic mass is 16.5. The van der Waals surface area contributed by atoms with E-state index in [1.54, 1.807) is 0 Å². The zero-order valence-corrected chi connectivity index (χ0v) is 10.1. The molecule has 0 bridgehead atoms. The van der Waals surface area contributed by atoms with Gasteiger partial charge in [0.15, 0.2) is 0 Å². The Balaban J connectivity index is 2.30. The van der Waals surface area contributed by atoms with Gasteiger partial charge in [-0.2, -0.15) is 0 Å². The first-order valence-electron chi connectivity index (χ1n) is 5.89. The lowest BCUT2D eigenvalue weighted by molar-refractivity contribution is 0.0301. The van der Waals surface area contributed by atoms with E-state index in [4.69, 9.17) is 4.74 Å². The lowest BCUT2D eigenvalue weighted by Gasteiger charge is -2.22. The molecule has 0 amide bonds. The summed E-state index contributed by atoms with van der Waals surface area (Å²) in [5, 5.41) is 0. The van der Waals surface area contributed by atoms with Gasteiger partial charge in [-0.1, -0.05) is 26.0 Å². The normalized spacial score (nSPS) is 19.5. The zero-order valence-electron chi connectivity index (χ0n) is 10.1. The molecule has 1 aromatic carbocycles. The van der Waals surface area contributed by atoms with Crippen LogP contribution >= 0.6 is 0 Å². The molecule has 16 heavy (non-hydrogen) atoms. The Morgan fingerprint density at radius 2 is 2.19 bits per heavy atom. The van der Waals surface area contributed by atoms with E-state index >= 15 is 0 Å². The molecule has 2 nitrogen and oxygen atoms in total. The molecule has 2 rings (SSSR count). The minimum atomic E-state index is -0.176. The predicted octanol–water partition coefficient (Wildman–Crippen LogP) is 2.99. The van der Waals surface area contributed by atoms with E-state index in [0.717, 1.165) is 24.0 Å². The van der Waals surface area contributed by atoms with Crippen molar-refractivity contribution < 1.29 is 9.53 Å². The van der Waals surface area contributed by atoms with Gasteiger partial charge < -0.3 is 4.74 Å². The molecular formula is C14H18O2. The van der Waals surface area contributed by atoms with Gasteiger partial charge >= 0.3 is 5.97 Å². The van der Waals surface area contributed by atoms with Crippen LogP contribution in [0.1, 0.15) is 42.3 Å². The SMILES string of the molecule is CC(C)Cc1ccc2c(c1)CC(C)OC2=O. The molecule has 1 atom stereocenters. The standard InChI is InChI=1S/C14H18O2/c1-9(2)6-11-4-5-13-12(8-11)7-10(3)16-14(13)15/h4-5,8-10H,6-7H2,1-3H3. The van der Waals surface area contributed by atoms with Crippen LogP contribution in [0, 0.1) is 5.92 Å². The molecule has 1 aromatic rings. The van der Waals surface area contributed by atoms with E-state index in [1.807, 2.05) is 19.1 Å². The molecule has 0 radical (unpaired) electrons. The third-order valence-electron chi connectivity index (χ3n) is 2.85. The van der Waals surface area contributed by atoms with Crippen molar-refractivity contribution in [3.63, 3.8) is 0 Å². The second kappa shape index (κ2) is 4.28. The number of carbonyl (C=O) groups is 1. The van der Waals surface area contributed by atoms with E-state index in [9.17, 15) is 4.79 Å². The quantitative estimate of drug-likeness (QED) is 0.713. The maximum absolute atomic E-state index is 11.6. The van der Waals surface area contributed by atoms with Gasteiger partial charge in [0.05, 0.1) is 5.56 Å². The molecule has 0 aliphatic carbocycles. The topological polar surface area (TPSA) is 26.3 Å². The summed E-state index contributed by atoms with van der Waals surface area (Å²) >= 11 is 0. The minimum absolute atomic E-state index is 0.00861. The van der Waals surface area contributed by atoms with Gasteiger partial charge in [-0.25, -0.2) is 4.79 Å². The van der Waals surface area contributed by atoms with Crippen molar-refractivity contribution in [3.8, 4) is 0 Å². The Bertz CT molecular complexity index is 407. The number of benzene rings is 1. The number of esters is 1. The van der Waals surface area contributed by atoms with E-state index in [-0.39, 0.29) is 12.1 Å². The van der Waals surface area contributed by atoms with E-state index < -0.39 is 0 Å². The van der Waals surface area contributed by atoms with Gasteiger partial charge in [-0.05, 0) is 36.5 Å². The first-order valence-corrected chi connectivity index (χ1v) is 5.89. The molecule has 1 unspecified atom stereocenters. The summed E-state index contributed by atoms with van der Waals surface area (Å²) in [6.07, 6.45) is 1.92. The highest BCUT2D eigenvalue weighted by molar-refractivity contribution is 5.92. The van der Waals surface area contributed by atoms with Crippen LogP contribution in [0.4, 0.5) is 0 Å². The van der Waals surface area contributed by atoms with Crippen molar-refractivity contribution in [3.05, 3.63) is 34.9 Å². The summed E-state index contributed by atoms with van der Waals surface area (Å²) < 4.78 is 5.19. The molecule has 0 saturated heterocycles. The van der Waals surface area contributed by atoms with Crippen LogP contribution in [0.25, 0.3) is 0 Å². The van der Waals surface area contributed by atoms with Crippen LogP contribution in [0.2, 0.25) is 0 Å². The van der Waals surface area contributed by atoms with Crippen molar-refractivity contribution in [1.29, 1.82) is 0 Å². The fourth-order valence-electron chi connectivity index (χ4n) is 2.21. The van der Waals surface area contributed by atoms with Gasteiger partial charge in [0, 0.05) is 6.42 Å². The van der Waals surface area contributed by atoms with Crippen molar-refractivity contribution in [2.24, 2.45) is 5.92 Å². The average molecular weight is 218 g/mol. The van der Waals surface area contributed by atoms with Crippen LogP contribution in [0.3, 0.4) is 0 Å². The molecule has 0 N–H and O–H groups in total. The Kier molecular flexibility index (Phi) is 2.99. The highest BCUT2D eigenvalue weighted by Gasteiger charge is 2.23. The second-order valence-corrected chi connectivity index (χ2v) is 5.01. The maximum Gasteiger partial charge on any atom is 0.338 e. The third-order valence-corrected chi connectivity index (χ3v) is 2.85. The van der Waals surface area contributed by atoms with Gasteiger partial charge in [-0.3, -0.25) is 0 Å². The van der Waals surface area contributed by atoms with Crippen LogP contribution < -0.4 is 0 Å². The third kappa shape index (κ3) is 2.26. The molecule has 0 fully saturated rings. The minimum Gasteiger partial charge on any atom is -0.459 e. The van der Waals surface area contributed by atoms with E-state index in [2.05, 4.69) is 19.9 Å². The van der Waals surface area contributed by atoms with Gasteiger partial charge in [0.25, 0.3) is 0 Å². The molecule has 0 aromatic heterocycles. The number of cyclic esters (lactones) is 1. The smallest absolute Gasteiger partial charge is 0.338 e. The summed E-state index contributed by atoms with van der Waals surface area (Å²) in [5.74, 6) is 0.468. The summed E-state index contributed by atoms with van der Waals surface area (Å²) in [4.78, 5) is 11.6. The van der Waals surface area contributed by atoms with E-state index in [1.165, 1.54) is 5.56 Å². The van der Waals surface area contributed by atoms with Crippen LogP contribution in [0.15, 0.2) is 18.2 Å². The average Bonchev–Trinajstić information content (AvgIpc) is 2.15. The Morgan fingerprint density at radius 1 is 1.44 bits per heavy atom. The fraction of sp³-hybridized carbons (Fsp3) is 0.500. The molecule has 1 heterocycles. The second-order valence-electron chi connectivity index (χ2n) is 5.01. The number of rotatable bonds is 2. The largest absolute Gasteiger partial charge is 0.459 e. The number of ether oxygens (including phenoxy) is 1. The predicted molar refractivity (Wildman–Crippen MR) is 63.6 cm³/mol. The number of carbonyl (C=O) groups excluding carboxylic acids is 1. The lowest BCUT2D eigenvalue weighted by Crippen LogP contribution is -2.25. The van der Waals surface area contributed by atoms with Crippen molar-refractivity contribution >= 4 is 5.97 Å². The monoisotopic (exact) mass is 218 g/mol. The Hall–Kier alpha value is -1.31. The van der Waals surface area contributed by atoms with Crippen LogP contribution in [-0.4, -0.2) is 12.1 Å². The molecule has 1 aliphatic heterocycles. The molecule has 0 spiro atoms. The van der Waals surface area contributed by atoms with E-state index in [0.29, 0.717) is 5.92 Å². The van der Waals surface area contributed by atoms with Gasteiger partial charge in [0.1, 0.15) is 6.10 Å². The highest BCUT2D eigenvalue weighted by Crippen LogP contribution is 2.22. The molecule has 86 valence electrons. The molecule has 0 saturated carbocycles. The van der Waals surface area contributed by atoms with Crippen LogP contribution in [0.5, 0.6) is 0 Å². The van der Waals surface area contributed by atoms with Gasteiger partial charge in [0.2, 0.25) is 0 Å². The zero-order chi connectivity index (χ0) is 11.7. The number of fused-ring (bicyclic) bond motifs is 1. The maximum atomic E-state index is 11.6. The lowest BCUT2D eigenvalue weighted by atomic mass is 9.94. The Morgan fingerprint density at radius 3 is 2.88 bits per heavy atom. The molecule has 2 heteroatoms. The van der Waals surface area contributed by atoms with Gasteiger partial charge in [-0.15, -0.1) is 0 Å². The Labute approximate surface area is 96.6 Å². The molecule has 1 aliphatic rings. The summed E-state index contributed by atoms with van der Waals surface area (Å²) in [5.41, 5.74) is 3.20. The number of hydrogen-bond acceptors (Lipinski definition) is 2. The summed E-state index contributed by atoms with van der Waals surface area (Å²) in [7, 11) is 0. The number of hydrogen-bond donors (Lipinski definition) is 0. The van der Waals surface area contributed by atoms with Crippen molar-refractivity contribution in [2.75, 3.05) is 0 Å². The summed E-state index contributed by atoms with van der Waals surface area (Å²) in [6, 6.07) is 6.10. The fourth-order valence-corrected chi connectivity index (χ4v) is 2.21. The summed E-state index contributed by atoms with van der Waals surface area (Å²) in [6.45, 7) is 6.35. The van der Waals surface area contributed by atoms with Crippen LogP contribution in [-0.2, 0) is 17.6 Å². The van der Waals surface area contributed by atoms with Crippen molar-refractivity contribution in [1.82, 2.24) is 0 Å². The van der Waals surface area contributed by atoms with Crippen molar-refractivity contribution in [2.45, 2.75) is 39.7 Å². The molecular weight excluding hydrogens is 200 g/mol. The first kappa shape index (κ1) is 11.2.